The zero-order valence-corrected chi connectivity index (χ0v) is 13.5. The van der Waals surface area contributed by atoms with Gasteiger partial charge in [-0.2, -0.15) is 0 Å². The zero-order chi connectivity index (χ0) is 14.6. The predicted octanol–water partition coefficient (Wildman–Crippen LogP) is 5.42. The molecule has 0 aliphatic heterocycles. The van der Waals surface area contributed by atoms with Gasteiger partial charge >= 0.3 is 0 Å². The van der Waals surface area contributed by atoms with Crippen molar-refractivity contribution in [2.24, 2.45) is 0 Å². The van der Waals surface area contributed by atoms with E-state index in [1.54, 1.807) is 0 Å². The van der Waals surface area contributed by atoms with Crippen LogP contribution in [0.15, 0.2) is 18.2 Å². The second-order valence-electron chi connectivity index (χ2n) is 5.88. The maximum absolute atomic E-state index is 9.31. The largest absolute Gasteiger partial charge is 0.392 e. The van der Waals surface area contributed by atoms with Crippen LogP contribution in [0.1, 0.15) is 81.9 Å². The highest BCUT2D eigenvalue weighted by atomic mass is 16.3. The van der Waals surface area contributed by atoms with Crippen molar-refractivity contribution in [3.05, 3.63) is 34.9 Å². The summed E-state index contributed by atoms with van der Waals surface area (Å²) in [5.74, 6) is 0. The summed E-state index contributed by atoms with van der Waals surface area (Å²) in [5.41, 5.74) is 4.05. The lowest BCUT2D eigenvalue weighted by atomic mass is 9.95. The van der Waals surface area contributed by atoms with Crippen molar-refractivity contribution in [1.29, 1.82) is 0 Å². The monoisotopic (exact) mass is 276 g/mol. The molecular formula is C19H32O. The molecule has 0 amide bonds. The Morgan fingerprint density at radius 1 is 0.750 bits per heavy atom. The Bertz CT molecular complexity index is 357. The second kappa shape index (κ2) is 10.9. The molecule has 20 heavy (non-hydrogen) atoms. The Morgan fingerprint density at radius 3 is 1.90 bits per heavy atom. The molecule has 0 saturated heterocycles. The van der Waals surface area contributed by atoms with Gasteiger partial charge in [-0.25, -0.2) is 0 Å². The summed E-state index contributed by atoms with van der Waals surface area (Å²) in [6.07, 6.45) is 12.9. The van der Waals surface area contributed by atoms with E-state index in [-0.39, 0.29) is 6.61 Å². The lowest BCUT2D eigenvalue weighted by Crippen LogP contribution is -1.98. The molecule has 0 fully saturated rings. The van der Waals surface area contributed by atoms with Crippen LogP contribution in [-0.4, -0.2) is 5.11 Å². The normalized spacial score (nSPS) is 10.9. The number of aliphatic hydroxyl groups is 1. The van der Waals surface area contributed by atoms with Gasteiger partial charge in [0.25, 0.3) is 0 Å². The van der Waals surface area contributed by atoms with Crippen LogP contribution in [0.3, 0.4) is 0 Å². The minimum atomic E-state index is 0.165. The molecule has 0 saturated carbocycles. The third kappa shape index (κ3) is 6.56. The molecule has 0 heterocycles. The number of benzene rings is 1. The van der Waals surface area contributed by atoms with Gasteiger partial charge in [0.2, 0.25) is 0 Å². The predicted molar refractivity (Wildman–Crippen MR) is 88.1 cm³/mol. The summed E-state index contributed by atoms with van der Waals surface area (Å²) in [7, 11) is 0. The summed E-state index contributed by atoms with van der Waals surface area (Å²) < 4.78 is 0. The molecule has 0 aromatic heterocycles. The first-order valence-electron chi connectivity index (χ1n) is 8.53. The molecule has 0 spiro atoms. The van der Waals surface area contributed by atoms with Crippen LogP contribution in [-0.2, 0) is 19.4 Å². The van der Waals surface area contributed by atoms with E-state index in [1.807, 2.05) is 0 Å². The lowest BCUT2D eigenvalue weighted by Gasteiger charge is -2.11. The van der Waals surface area contributed by atoms with Crippen molar-refractivity contribution in [3.63, 3.8) is 0 Å². The van der Waals surface area contributed by atoms with E-state index in [1.165, 1.54) is 75.3 Å². The molecule has 1 aromatic carbocycles. The van der Waals surface area contributed by atoms with Crippen molar-refractivity contribution >= 4 is 0 Å². The first-order chi connectivity index (χ1) is 9.81. The summed E-state index contributed by atoms with van der Waals surface area (Å²) >= 11 is 0. The van der Waals surface area contributed by atoms with Gasteiger partial charge in [-0.3, -0.25) is 0 Å². The van der Waals surface area contributed by atoms with Gasteiger partial charge in [0.15, 0.2) is 0 Å². The highest BCUT2D eigenvalue weighted by Gasteiger charge is 2.04. The number of rotatable bonds is 11. The Hall–Kier alpha value is -0.820. The van der Waals surface area contributed by atoms with Gasteiger partial charge in [0.1, 0.15) is 0 Å². The van der Waals surface area contributed by atoms with E-state index in [9.17, 15) is 5.11 Å². The molecule has 0 unspecified atom stereocenters. The molecule has 0 aliphatic rings. The van der Waals surface area contributed by atoms with Crippen molar-refractivity contribution in [2.75, 3.05) is 0 Å². The number of hydrogen-bond acceptors (Lipinski definition) is 1. The van der Waals surface area contributed by atoms with Crippen LogP contribution < -0.4 is 0 Å². The average Bonchev–Trinajstić information content (AvgIpc) is 2.49. The number of hydrogen-bond donors (Lipinski definition) is 1. The van der Waals surface area contributed by atoms with E-state index in [4.69, 9.17) is 0 Å². The van der Waals surface area contributed by atoms with E-state index in [0.29, 0.717) is 0 Å². The highest BCUT2D eigenvalue weighted by molar-refractivity contribution is 5.32. The third-order valence-electron chi connectivity index (χ3n) is 4.05. The van der Waals surface area contributed by atoms with Crippen LogP contribution in [0.25, 0.3) is 0 Å². The minimum absolute atomic E-state index is 0.165. The molecule has 0 aliphatic carbocycles. The standard InChI is InChI=1S/C19H32O/c1-3-5-7-9-11-18-14-13-17(16-20)15-19(18)12-10-8-6-4-2/h13-15,20H,3-12,16H2,1-2H3. The van der Waals surface area contributed by atoms with Crippen LogP contribution in [0.4, 0.5) is 0 Å². The van der Waals surface area contributed by atoms with Crippen LogP contribution >= 0.6 is 0 Å². The number of aryl methyl sites for hydroxylation is 2. The molecule has 0 bridgehead atoms. The average molecular weight is 276 g/mol. The van der Waals surface area contributed by atoms with E-state index < -0.39 is 0 Å². The van der Waals surface area contributed by atoms with Crippen molar-refractivity contribution < 1.29 is 5.11 Å². The third-order valence-corrected chi connectivity index (χ3v) is 4.05. The molecule has 1 heteroatoms. The Labute approximate surface area is 125 Å². The topological polar surface area (TPSA) is 20.2 Å². The molecule has 0 radical (unpaired) electrons. The lowest BCUT2D eigenvalue weighted by molar-refractivity contribution is 0.281. The van der Waals surface area contributed by atoms with Crippen LogP contribution in [0, 0.1) is 0 Å². The van der Waals surface area contributed by atoms with Gasteiger partial charge in [0.05, 0.1) is 6.61 Å². The summed E-state index contributed by atoms with van der Waals surface area (Å²) in [5, 5.41) is 9.31. The van der Waals surface area contributed by atoms with Crippen molar-refractivity contribution in [1.82, 2.24) is 0 Å². The van der Waals surface area contributed by atoms with Crippen molar-refractivity contribution in [2.45, 2.75) is 84.7 Å². The quantitative estimate of drug-likeness (QED) is 0.535. The summed E-state index contributed by atoms with van der Waals surface area (Å²) in [6.45, 7) is 4.68. The fraction of sp³-hybridized carbons (Fsp3) is 0.684. The Kier molecular flexibility index (Phi) is 9.40. The van der Waals surface area contributed by atoms with E-state index >= 15 is 0 Å². The maximum Gasteiger partial charge on any atom is 0.0681 e. The van der Waals surface area contributed by atoms with Gasteiger partial charge in [0, 0.05) is 0 Å². The zero-order valence-electron chi connectivity index (χ0n) is 13.5. The first-order valence-corrected chi connectivity index (χ1v) is 8.53. The van der Waals surface area contributed by atoms with Gasteiger partial charge in [-0.05, 0) is 42.4 Å². The molecule has 1 rings (SSSR count). The molecular weight excluding hydrogens is 244 g/mol. The van der Waals surface area contributed by atoms with E-state index in [2.05, 4.69) is 32.0 Å². The summed E-state index contributed by atoms with van der Waals surface area (Å²) in [4.78, 5) is 0. The molecule has 1 nitrogen and oxygen atoms in total. The molecule has 0 atom stereocenters. The SMILES string of the molecule is CCCCCCc1ccc(CO)cc1CCCCCC. The Balaban J connectivity index is 2.56. The minimum Gasteiger partial charge on any atom is -0.392 e. The van der Waals surface area contributed by atoms with Crippen LogP contribution in [0.5, 0.6) is 0 Å². The fourth-order valence-electron chi connectivity index (χ4n) is 2.74. The highest BCUT2D eigenvalue weighted by Crippen LogP contribution is 2.19. The maximum atomic E-state index is 9.31. The molecule has 1 aromatic rings. The summed E-state index contributed by atoms with van der Waals surface area (Å²) in [6, 6.07) is 6.55. The first kappa shape index (κ1) is 17.2. The second-order valence-corrected chi connectivity index (χ2v) is 5.88. The smallest absolute Gasteiger partial charge is 0.0681 e. The number of unbranched alkanes of at least 4 members (excludes halogenated alkanes) is 6. The fourth-order valence-corrected chi connectivity index (χ4v) is 2.74. The van der Waals surface area contributed by atoms with Crippen LogP contribution in [0.2, 0.25) is 0 Å². The van der Waals surface area contributed by atoms with Gasteiger partial charge in [-0.1, -0.05) is 70.6 Å². The van der Waals surface area contributed by atoms with Crippen molar-refractivity contribution in [3.8, 4) is 0 Å². The Morgan fingerprint density at radius 2 is 1.35 bits per heavy atom. The molecule has 1 N–H and O–H groups in total. The number of aliphatic hydroxyl groups excluding tert-OH is 1. The molecule has 114 valence electrons. The van der Waals surface area contributed by atoms with E-state index in [0.717, 1.165) is 5.56 Å². The van der Waals surface area contributed by atoms with Gasteiger partial charge < -0.3 is 5.11 Å². The van der Waals surface area contributed by atoms with Gasteiger partial charge in [-0.15, -0.1) is 0 Å².